The van der Waals surface area contributed by atoms with Gasteiger partial charge in [-0.25, -0.2) is 0 Å². The smallest absolute Gasteiger partial charge is 0.0906 e. The number of benzene rings is 4. The van der Waals surface area contributed by atoms with Gasteiger partial charge in [0.1, 0.15) is 0 Å². The molecule has 4 aromatic carbocycles. The first kappa shape index (κ1) is 45.3. The molecule has 1 unspecified atom stereocenters. The third-order valence-corrected chi connectivity index (χ3v) is 14.2. The van der Waals surface area contributed by atoms with Crippen molar-refractivity contribution in [1.29, 1.82) is 5.26 Å². The third-order valence-electron chi connectivity index (χ3n) is 13.7. The summed E-state index contributed by atoms with van der Waals surface area (Å²) < 4.78 is 5.47. The Hall–Kier alpha value is -3.21. The molecule has 2 saturated carbocycles. The Kier molecular flexibility index (Phi) is 17.8. The number of β-amino-alcohol motifs (C(OH)–C–C–N with tert-alkyl or cyclic N) is 1. The number of rotatable bonds is 12. The molecule has 0 spiro atoms. The van der Waals surface area contributed by atoms with Crippen molar-refractivity contribution in [3.05, 3.63) is 141 Å². The zero-order chi connectivity index (χ0) is 41.3. The van der Waals surface area contributed by atoms with Gasteiger partial charge in [0.25, 0.3) is 0 Å². The summed E-state index contributed by atoms with van der Waals surface area (Å²) in [7, 11) is 0. The molecule has 2 aliphatic carbocycles. The molecule has 2 N–H and O–H groups in total. The molecule has 0 amide bonds. The number of nitrogens with one attached hydrogen (secondary N) is 1. The van der Waals surface area contributed by atoms with E-state index in [0.717, 1.165) is 67.4 Å². The molecule has 3 aliphatic heterocycles. The van der Waals surface area contributed by atoms with Crippen LogP contribution in [0.15, 0.2) is 109 Å². The number of epoxide rings is 1. The molecule has 5 fully saturated rings. The van der Waals surface area contributed by atoms with Gasteiger partial charge in [0, 0.05) is 40.9 Å². The summed E-state index contributed by atoms with van der Waals surface area (Å²) in [5, 5.41) is 23.6. The molecule has 4 atom stereocenters. The molecule has 5 aliphatic rings. The zero-order valence-corrected chi connectivity index (χ0v) is 36.9. The van der Waals surface area contributed by atoms with Gasteiger partial charge in [0.2, 0.25) is 0 Å². The van der Waals surface area contributed by atoms with Crippen LogP contribution in [0.4, 0.5) is 0 Å². The van der Waals surface area contributed by atoms with Crippen LogP contribution in [0.5, 0.6) is 0 Å². The Morgan fingerprint density at radius 3 is 1.75 bits per heavy atom. The standard InChI is InChI=1S/C25H32ClNO.C13H19N.C12H13ClO.C2H3N/c26-23-13-11-22(12-14-23)25(15-5-16-25)24(28)19-27-17-4-8-21(18-27)10-9-20-6-2-1-3-7-20;1-2-5-12(6-3-1)8-9-13-7-4-10-14-11-13;13-10-4-2-9(3-5-10)12(6-1-7-12)11-8-14-11;1-2-3/h1-3,6-7,11-14,21,24,28H,4-5,8-10,15-19H2;1-3,5-6,13-14H,4,7-11H2;2-5,11H,1,6-8H2;1H3/t21-,24-;13-;;/m00../s1. The number of ether oxygens (including phenoxy) is 1. The average Bonchev–Trinajstić information content (AvgIpc) is 4.08. The van der Waals surface area contributed by atoms with Gasteiger partial charge in [-0.3, -0.25) is 0 Å². The summed E-state index contributed by atoms with van der Waals surface area (Å²) in [6.45, 7) is 7.87. The quantitative estimate of drug-likeness (QED) is 0.139. The lowest BCUT2D eigenvalue weighted by Crippen LogP contribution is -2.52. The molecule has 5 nitrogen and oxygen atoms in total. The number of nitriles is 1. The molecular weight excluding hydrogens is 769 g/mol. The van der Waals surface area contributed by atoms with Crippen LogP contribution in [0.25, 0.3) is 0 Å². The Morgan fingerprint density at radius 2 is 1.27 bits per heavy atom. The highest BCUT2D eigenvalue weighted by atomic mass is 35.5. The highest BCUT2D eigenvalue weighted by Gasteiger charge is 2.51. The fraction of sp³-hybridized carbons (Fsp3) is 0.519. The first-order chi connectivity index (χ1) is 28.8. The molecule has 59 heavy (non-hydrogen) atoms. The largest absolute Gasteiger partial charge is 0.391 e. The van der Waals surface area contributed by atoms with Crippen LogP contribution in [0.1, 0.15) is 106 Å². The fourth-order valence-corrected chi connectivity index (χ4v) is 10.1. The van der Waals surface area contributed by atoms with Crippen LogP contribution in [-0.2, 0) is 28.4 Å². The molecule has 7 heteroatoms. The number of piperidine rings is 2. The lowest BCUT2D eigenvalue weighted by molar-refractivity contribution is -0.00655. The van der Waals surface area contributed by atoms with E-state index in [9.17, 15) is 5.11 Å². The second-order valence-corrected chi connectivity index (χ2v) is 18.5. The predicted octanol–water partition coefficient (Wildman–Crippen LogP) is 11.8. The Balaban J connectivity index is 0.000000158. The van der Waals surface area contributed by atoms with Crippen molar-refractivity contribution in [3.63, 3.8) is 0 Å². The Labute approximate surface area is 365 Å². The van der Waals surface area contributed by atoms with Crippen molar-refractivity contribution >= 4 is 23.2 Å². The second kappa shape index (κ2) is 23.1. The number of likely N-dealkylation sites (tertiary alicyclic amines) is 1. The van der Waals surface area contributed by atoms with Crippen LogP contribution in [0.2, 0.25) is 10.0 Å². The van der Waals surface area contributed by atoms with E-state index in [2.05, 4.69) is 95.1 Å². The summed E-state index contributed by atoms with van der Waals surface area (Å²) >= 11 is 12.0. The van der Waals surface area contributed by atoms with Crippen LogP contribution < -0.4 is 5.32 Å². The van der Waals surface area contributed by atoms with Crippen molar-refractivity contribution in [2.45, 2.75) is 120 Å². The summed E-state index contributed by atoms with van der Waals surface area (Å²) in [6, 6.07) is 39.8. The predicted molar refractivity (Wildman–Crippen MR) is 245 cm³/mol. The normalized spacial score (nSPS) is 23.1. The molecular formula is C52H67Cl2N3O2. The molecule has 3 saturated heterocycles. The van der Waals surface area contributed by atoms with E-state index in [4.69, 9.17) is 33.2 Å². The van der Waals surface area contributed by atoms with Crippen LogP contribution in [0.3, 0.4) is 0 Å². The molecule has 316 valence electrons. The van der Waals surface area contributed by atoms with Crippen molar-refractivity contribution < 1.29 is 9.84 Å². The number of nitrogens with zero attached hydrogens (tertiary/aromatic N) is 2. The van der Waals surface area contributed by atoms with Gasteiger partial charge in [0.05, 0.1) is 24.9 Å². The summed E-state index contributed by atoms with van der Waals surface area (Å²) in [5.74, 6) is 1.65. The van der Waals surface area contributed by atoms with Crippen molar-refractivity contribution in [2.24, 2.45) is 11.8 Å². The molecule has 0 aromatic heterocycles. The summed E-state index contributed by atoms with van der Waals surface area (Å²) in [4.78, 5) is 2.51. The number of aryl methyl sites for hydroxylation is 2. The van der Waals surface area contributed by atoms with Crippen LogP contribution in [0, 0.1) is 23.2 Å². The maximum Gasteiger partial charge on any atom is 0.0906 e. The monoisotopic (exact) mass is 835 g/mol. The molecule has 3 heterocycles. The number of halogens is 2. The maximum atomic E-state index is 11.2. The van der Waals surface area contributed by atoms with E-state index in [1.807, 2.05) is 24.3 Å². The minimum absolute atomic E-state index is 0.0679. The second-order valence-electron chi connectivity index (χ2n) is 17.6. The van der Waals surface area contributed by atoms with Gasteiger partial charge < -0.3 is 20.1 Å². The minimum Gasteiger partial charge on any atom is -0.391 e. The van der Waals surface area contributed by atoms with Crippen molar-refractivity contribution in [2.75, 3.05) is 39.3 Å². The molecule has 9 rings (SSSR count). The fourth-order valence-electron chi connectivity index (χ4n) is 9.83. The van der Waals surface area contributed by atoms with E-state index in [0.29, 0.717) is 11.5 Å². The van der Waals surface area contributed by atoms with Gasteiger partial charge >= 0.3 is 0 Å². The van der Waals surface area contributed by atoms with E-state index in [-0.39, 0.29) is 11.5 Å². The van der Waals surface area contributed by atoms with Gasteiger partial charge in [0.15, 0.2) is 0 Å². The number of hydrogen-bond donors (Lipinski definition) is 2. The highest BCUT2D eigenvalue weighted by Crippen LogP contribution is 2.51. The van der Waals surface area contributed by atoms with E-state index >= 15 is 0 Å². The summed E-state index contributed by atoms with van der Waals surface area (Å²) in [6.07, 6.45) is 17.8. The highest BCUT2D eigenvalue weighted by molar-refractivity contribution is 6.30. The summed E-state index contributed by atoms with van der Waals surface area (Å²) in [5.41, 5.74) is 5.87. The zero-order valence-electron chi connectivity index (χ0n) is 35.3. The number of aliphatic hydroxyl groups excluding tert-OH is 1. The number of hydrogen-bond acceptors (Lipinski definition) is 5. The maximum absolute atomic E-state index is 11.2. The molecule has 0 radical (unpaired) electrons. The Morgan fingerprint density at radius 1 is 0.746 bits per heavy atom. The number of aliphatic hydroxyl groups is 1. The van der Waals surface area contributed by atoms with E-state index < -0.39 is 0 Å². The van der Waals surface area contributed by atoms with Crippen LogP contribution >= 0.6 is 23.2 Å². The average molecular weight is 837 g/mol. The SMILES string of the molecule is CC#N.Clc1ccc(C2(C3CO3)CCC2)cc1.O[C@@H](CN1CCC[C@@H](CCc2ccccc2)C1)C1(c2ccc(Cl)cc2)CCC1.c1ccc(CC[C@@H]2CCCNC2)cc1. The van der Waals surface area contributed by atoms with Gasteiger partial charge in [-0.2, -0.15) is 5.26 Å². The topological polar surface area (TPSA) is 71.8 Å². The first-order valence-corrected chi connectivity index (χ1v) is 23.2. The van der Waals surface area contributed by atoms with Crippen molar-refractivity contribution in [1.82, 2.24) is 10.2 Å². The van der Waals surface area contributed by atoms with Gasteiger partial charge in [-0.15, -0.1) is 0 Å². The Bertz CT molecular complexity index is 1810. The molecule has 0 bridgehead atoms. The van der Waals surface area contributed by atoms with Gasteiger partial charge in [-0.1, -0.05) is 121 Å². The van der Waals surface area contributed by atoms with Crippen molar-refractivity contribution in [3.8, 4) is 6.07 Å². The lowest BCUT2D eigenvalue weighted by atomic mass is 9.61. The van der Waals surface area contributed by atoms with E-state index in [1.165, 1.54) is 113 Å². The minimum atomic E-state index is -0.296. The van der Waals surface area contributed by atoms with E-state index in [1.54, 1.807) is 6.07 Å². The third kappa shape index (κ3) is 13.1. The van der Waals surface area contributed by atoms with Crippen LogP contribution in [-0.4, -0.2) is 61.5 Å². The lowest BCUT2D eigenvalue weighted by Gasteiger charge is -2.48. The van der Waals surface area contributed by atoms with Gasteiger partial charge in [-0.05, 0) is 155 Å². The first-order valence-electron chi connectivity index (χ1n) is 22.5. The molecule has 4 aromatic rings.